The molecule has 5 heteroatoms. The van der Waals surface area contributed by atoms with Crippen molar-refractivity contribution in [2.24, 2.45) is 5.73 Å². The Kier molecular flexibility index (Phi) is 5.32. The van der Waals surface area contributed by atoms with Crippen molar-refractivity contribution in [3.05, 3.63) is 35.4 Å². The van der Waals surface area contributed by atoms with Crippen molar-refractivity contribution in [3.8, 4) is 0 Å². The van der Waals surface area contributed by atoms with Gasteiger partial charge in [0.1, 0.15) is 11.7 Å². The van der Waals surface area contributed by atoms with Crippen LogP contribution in [0.5, 0.6) is 0 Å². The maximum absolute atomic E-state index is 11.5. The predicted molar refractivity (Wildman–Crippen MR) is 73.4 cm³/mol. The molecule has 1 unspecified atom stereocenters. The number of benzene rings is 1. The molecule has 19 heavy (non-hydrogen) atoms. The molecular weight excluding hydrogens is 244 g/mol. The lowest BCUT2D eigenvalue weighted by Crippen LogP contribution is -2.34. The Bertz CT molecular complexity index is 410. The number of ether oxygens (including phenoxy) is 1. The Hall–Kier alpha value is -1.59. The molecule has 0 fully saturated rings. The van der Waals surface area contributed by atoms with Crippen molar-refractivity contribution in [2.75, 3.05) is 6.54 Å². The SMILES string of the molecule is Cc1ccc(C(CN)ONC(=O)OC(C)(C)C)cc1. The molecule has 0 saturated carbocycles. The van der Waals surface area contributed by atoms with Gasteiger partial charge in [0, 0.05) is 6.54 Å². The predicted octanol–water partition coefficient (Wildman–Crippen LogP) is 2.45. The Morgan fingerprint density at radius 1 is 1.32 bits per heavy atom. The number of nitrogens with one attached hydrogen (secondary N) is 1. The summed E-state index contributed by atoms with van der Waals surface area (Å²) in [5.41, 5.74) is 9.40. The second-order valence-electron chi connectivity index (χ2n) is 5.36. The summed E-state index contributed by atoms with van der Waals surface area (Å²) in [6.45, 7) is 7.62. The minimum absolute atomic E-state index is 0.263. The lowest BCUT2D eigenvalue weighted by atomic mass is 10.1. The van der Waals surface area contributed by atoms with Crippen molar-refractivity contribution in [1.29, 1.82) is 0 Å². The van der Waals surface area contributed by atoms with Gasteiger partial charge in [0.05, 0.1) is 0 Å². The number of aryl methyl sites for hydroxylation is 1. The fourth-order valence-corrected chi connectivity index (χ4v) is 1.45. The van der Waals surface area contributed by atoms with E-state index in [1.165, 1.54) is 0 Å². The molecule has 1 atom stereocenters. The van der Waals surface area contributed by atoms with Crippen LogP contribution in [0.2, 0.25) is 0 Å². The number of hydrogen-bond donors (Lipinski definition) is 2. The smallest absolute Gasteiger partial charge is 0.431 e. The number of nitrogens with two attached hydrogens (primary N) is 1. The lowest BCUT2D eigenvalue weighted by molar-refractivity contribution is -0.0403. The normalized spacial score (nSPS) is 12.9. The Balaban J connectivity index is 2.54. The van der Waals surface area contributed by atoms with Crippen LogP contribution in [0.3, 0.4) is 0 Å². The average molecular weight is 266 g/mol. The standard InChI is InChI=1S/C14H22N2O3/c1-10-5-7-11(8-6-10)12(9-15)19-16-13(17)18-14(2,3)4/h5-8,12H,9,15H2,1-4H3,(H,16,17). The van der Waals surface area contributed by atoms with Gasteiger partial charge in [-0.05, 0) is 33.3 Å². The van der Waals surface area contributed by atoms with Gasteiger partial charge in [-0.25, -0.2) is 4.79 Å². The topological polar surface area (TPSA) is 73.6 Å². The van der Waals surface area contributed by atoms with Crippen LogP contribution in [-0.2, 0) is 9.57 Å². The highest BCUT2D eigenvalue weighted by molar-refractivity contribution is 5.66. The molecule has 1 amide bonds. The van der Waals surface area contributed by atoms with Gasteiger partial charge in [0.15, 0.2) is 0 Å². The van der Waals surface area contributed by atoms with Gasteiger partial charge >= 0.3 is 6.09 Å². The monoisotopic (exact) mass is 266 g/mol. The molecule has 3 N–H and O–H groups in total. The van der Waals surface area contributed by atoms with E-state index in [2.05, 4.69) is 5.48 Å². The third-order valence-electron chi connectivity index (χ3n) is 2.35. The van der Waals surface area contributed by atoms with Crippen LogP contribution in [0.25, 0.3) is 0 Å². The van der Waals surface area contributed by atoms with Crippen LogP contribution in [0.4, 0.5) is 4.79 Å². The van der Waals surface area contributed by atoms with Crippen molar-refractivity contribution >= 4 is 6.09 Å². The summed E-state index contributed by atoms with van der Waals surface area (Å²) in [6, 6.07) is 7.77. The molecule has 106 valence electrons. The lowest BCUT2D eigenvalue weighted by Gasteiger charge is -2.21. The maximum atomic E-state index is 11.5. The minimum Gasteiger partial charge on any atom is -0.442 e. The molecule has 0 aliphatic carbocycles. The summed E-state index contributed by atoms with van der Waals surface area (Å²) in [4.78, 5) is 16.7. The fourth-order valence-electron chi connectivity index (χ4n) is 1.45. The van der Waals surface area contributed by atoms with Crippen LogP contribution in [-0.4, -0.2) is 18.2 Å². The number of carbonyl (C=O) groups excluding carboxylic acids is 1. The van der Waals surface area contributed by atoms with E-state index >= 15 is 0 Å². The molecule has 0 saturated heterocycles. The van der Waals surface area contributed by atoms with Gasteiger partial charge in [0.25, 0.3) is 0 Å². The van der Waals surface area contributed by atoms with E-state index in [1.54, 1.807) is 20.8 Å². The zero-order valence-corrected chi connectivity index (χ0v) is 11.9. The highest BCUT2D eigenvalue weighted by atomic mass is 16.7. The Labute approximate surface area is 114 Å². The summed E-state index contributed by atoms with van der Waals surface area (Å²) < 4.78 is 5.07. The van der Waals surface area contributed by atoms with E-state index in [4.69, 9.17) is 15.3 Å². The number of rotatable bonds is 4. The molecule has 0 heterocycles. The highest BCUT2D eigenvalue weighted by Gasteiger charge is 2.18. The molecule has 5 nitrogen and oxygen atoms in total. The van der Waals surface area contributed by atoms with E-state index in [0.29, 0.717) is 0 Å². The molecule has 1 aromatic carbocycles. The average Bonchev–Trinajstić information content (AvgIpc) is 2.29. The van der Waals surface area contributed by atoms with Crippen LogP contribution in [0.15, 0.2) is 24.3 Å². The van der Waals surface area contributed by atoms with Crippen molar-refractivity contribution in [1.82, 2.24) is 5.48 Å². The summed E-state index contributed by atoms with van der Waals surface area (Å²) in [7, 11) is 0. The van der Waals surface area contributed by atoms with Gasteiger partial charge in [-0.1, -0.05) is 29.8 Å². The Morgan fingerprint density at radius 2 is 1.89 bits per heavy atom. The molecule has 0 spiro atoms. The number of hydroxylamine groups is 1. The summed E-state index contributed by atoms with van der Waals surface area (Å²) >= 11 is 0. The molecule has 0 aliphatic heterocycles. The summed E-state index contributed by atoms with van der Waals surface area (Å²) in [5.74, 6) is 0. The molecule has 1 rings (SSSR count). The third-order valence-corrected chi connectivity index (χ3v) is 2.35. The van der Waals surface area contributed by atoms with Crippen molar-refractivity contribution in [3.63, 3.8) is 0 Å². The second-order valence-corrected chi connectivity index (χ2v) is 5.36. The zero-order valence-electron chi connectivity index (χ0n) is 11.9. The van der Waals surface area contributed by atoms with E-state index in [9.17, 15) is 4.79 Å². The molecule has 0 aromatic heterocycles. The largest absolute Gasteiger partial charge is 0.442 e. The van der Waals surface area contributed by atoms with E-state index in [1.807, 2.05) is 31.2 Å². The molecule has 0 radical (unpaired) electrons. The van der Waals surface area contributed by atoms with Gasteiger partial charge in [-0.15, -0.1) is 0 Å². The first-order chi connectivity index (χ1) is 8.81. The van der Waals surface area contributed by atoms with Crippen LogP contribution in [0.1, 0.15) is 38.0 Å². The summed E-state index contributed by atoms with van der Waals surface area (Å²) in [5, 5.41) is 0. The second kappa shape index (κ2) is 6.54. The van der Waals surface area contributed by atoms with Crippen LogP contribution in [0, 0.1) is 6.92 Å². The summed E-state index contributed by atoms with van der Waals surface area (Å²) in [6.07, 6.45) is -1.02. The van der Waals surface area contributed by atoms with Gasteiger partial charge < -0.3 is 10.5 Å². The zero-order chi connectivity index (χ0) is 14.5. The van der Waals surface area contributed by atoms with Gasteiger partial charge in [-0.2, -0.15) is 5.48 Å². The van der Waals surface area contributed by atoms with Gasteiger partial charge in [0.2, 0.25) is 0 Å². The van der Waals surface area contributed by atoms with Crippen LogP contribution < -0.4 is 11.2 Å². The third kappa shape index (κ3) is 5.72. The number of amides is 1. The van der Waals surface area contributed by atoms with Crippen molar-refractivity contribution in [2.45, 2.75) is 39.4 Å². The van der Waals surface area contributed by atoms with E-state index in [0.717, 1.165) is 11.1 Å². The first-order valence-electron chi connectivity index (χ1n) is 6.23. The Morgan fingerprint density at radius 3 is 2.37 bits per heavy atom. The van der Waals surface area contributed by atoms with Crippen LogP contribution >= 0.6 is 0 Å². The molecular formula is C14H22N2O3. The van der Waals surface area contributed by atoms with E-state index in [-0.39, 0.29) is 6.54 Å². The molecule has 1 aromatic rings. The maximum Gasteiger partial charge on any atom is 0.431 e. The van der Waals surface area contributed by atoms with Gasteiger partial charge in [-0.3, -0.25) is 4.84 Å². The minimum atomic E-state index is -0.627. The van der Waals surface area contributed by atoms with E-state index < -0.39 is 17.8 Å². The first-order valence-corrected chi connectivity index (χ1v) is 6.23. The number of hydrogen-bond acceptors (Lipinski definition) is 4. The fraction of sp³-hybridized carbons (Fsp3) is 0.500. The first kappa shape index (κ1) is 15.5. The number of carbonyl (C=O) groups is 1. The quantitative estimate of drug-likeness (QED) is 0.821. The molecule has 0 aliphatic rings. The molecule has 0 bridgehead atoms. The van der Waals surface area contributed by atoms with Crippen molar-refractivity contribution < 1.29 is 14.4 Å². The highest BCUT2D eigenvalue weighted by Crippen LogP contribution is 2.16.